The maximum Gasteiger partial charge on any atom is 0.0689 e. The number of hydrogen-bond donors (Lipinski definition) is 0. The minimum absolute atomic E-state index is 0.0254. The lowest BCUT2D eigenvalue weighted by Gasteiger charge is -2.35. The van der Waals surface area contributed by atoms with E-state index in [0.717, 1.165) is 31.1 Å². The van der Waals surface area contributed by atoms with Crippen LogP contribution in [-0.2, 0) is 6.42 Å². The number of hydrogen-bond acceptors (Lipinski definition) is 1. The van der Waals surface area contributed by atoms with Gasteiger partial charge in [-0.25, -0.2) is 0 Å². The molecule has 2 saturated carbocycles. The molecule has 0 aliphatic heterocycles. The molecule has 2 aliphatic rings. The summed E-state index contributed by atoms with van der Waals surface area (Å²) >= 11 is 0. The van der Waals surface area contributed by atoms with E-state index < -0.39 is 0 Å². The highest BCUT2D eigenvalue weighted by Gasteiger charge is 2.35. The van der Waals surface area contributed by atoms with Crippen molar-refractivity contribution >= 4 is 0 Å². The van der Waals surface area contributed by atoms with Gasteiger partial charge in [-0.15, -0.1) is 0 Å². The highest BCUT2D eigenvalue weighted by molar-refractivity contribution is 5.26. The minimum atomic E-state index is -0.0254. The summed E-state index contributed by atoms with van der Waals surface area (Å²) in [5.74, 6) is 2.64. The quantitative estimate of drug-likeness (QED) is 0.385. The van der Waals surface area contributed by atoms with Crippen molar-refractivity contribution in [1.82, 2.24) is 0 Å². The normalized spacial score (nSPS) is 30.0. The molecule has 0 amide bonds. The van der Waals surface area contributed by atoms with Crippen LogP contribution >= 0.6 is 0 Å². The average Bonchev–Trinajstić information content (AvgIpc) is 2.79. The lowest BCUT2D eigenvalue weighted by molar-refractivity contribution is 0.223. The molecule has 160 valence electrons. The Bertz CT molecular complexity index is 621. The van der Waals surface area contributed by atoms with Crippen molar-refractivity contribution in [2.75, 3.05) is 0 Å². The molecule has 0 unspecified atom stereocenters. The first-order valence-electron chi connectivity index (χ1n) is 12.7. The largest absolute Gasteiger partial charge is 0.198 e. The monoisotopic (exact) mass is 393 g/mol. The highest BCUT2D eigenvalue weighted by atomic mass is 14.4. The summed E-state index contributed by atoms with van der Waals surface area (Å²) in [6.07, 6.45) is 19.3. The molecule has 29 heavy (non-hydrogen) atoms. The maximum absolute atomic E-state index is 9.78. The van der Waals surface area contributed by atoms with Crippen molar-refractivity contribution < 1.29 is 0 Å². The molecule has 1 nitrogen and oxygen atoms in total. The van der Waals surface area contributed by atoms with Gasteiger partial charge in [0.1, 0.15) is 0 Å². The van der Waals surface area contributed by atoms with Crippen LogP contribution < -0.4 is 0 Å². The average molecular weight is 394 g/mol. The topological polar surface area (TPSA) is 23.8 Å². The van der Waals surface area contributed by atoms with Gasteiger partial charge in [-0.05, 0) is 73.8 Å². The smallest absolute Gasteiger partial charge is 0.0689 e. The van der Waals surface area contributed by atoms with Gasteiger partial charge in [-0.2, -0.15) is 5.26 Å². The third kappa shape index (κ3) is 6.34. The predicted molar refractivity (Wildman–Crippen MR) is 124 cm³/mol. The molecule has 2 fully saturated rings. The molecule has 0 aromatic heterocycles. The first kappa shape index (κ1) is 22.4. The van der Waals surface area contributed by atoms with E-state index >= 15 is 0 Å². The van der Waals surface area contributed by atoms with Gasteiger partial charge in [0.15, 0.2) is 0 Å². The molecule has 1 heteroatoms. The molecule has 0 bridgehead atoms. The van der Waals surface area contributed by atoms with Crippen molar-refractivity contribution in [2.45, 2.75) is 116 Å². The second kappa shape index (κ2) is 11.2. The van der Waals surface area contributed by atoms with Crippen molar-refractivity contribution in [3.8, 4) is 6.07 Å². The van der Waals surface area contributed by atoms with Crippen molar-refractivity contribution in [2.24, 2.45) is 17.3 Å². The van der Waals surface area contributed by atoms with E-state index in [1.165, 1.54) is 88.2 Å². The number of rotatable bonds is 9. The van der Waals surface area contributed by atoms with Gasteiger partial charge in [0.25, 0.3) is 0 Å². The van der Waals surface area contributed by atoms with E-state index in [2.05, 4.69) is 44.2 Å². The molecule has 2 aliphatic carbocycles. The Kier molecular flexibility index (Phi) is 8.65. The zero-order valence-electron chi connectivity index (χ0n) is 19.1. The molecular formula is C28H43N. The molecule has 0 spiro atoms. The highest BCUT2D eigenvalue weighted by Crippen LogP contribution is 2.45. The lowest BCUT2D eigenvalue weighted by atomic mass is 9.67. The van der Waals surface area contributed by atoms with Crippen LogP contribution in [0.15, 0.2) is 24.3 Å². The molecule has 3 rings (SSSR count). The van der Waals surface area contributed by atoms with Gasteiger partial charge in [-0.1, -0.05) is 89.5 Å². The van der Waals surface area contributed by atoms with Crippen LogP contribution in [0, 0.1) is 28.6 Å². The Labute approximate surface area is 180 Å². The SMILES string of the molecule is CCCCCC1(C#N)CCC(c2ccc(CC[C@H]3CC[C@H](CC)CC3)cc2)CC1. The van der Waals surface area contributed by atoms with Crippen molar-refractivity contribution in [3.05, 3.63) is 35.4 Å². The summed E-state index contributed by atoms with van der Waals surface area (Å²) in [7, 11) is 0. The van der Waals surface area contributed by atoms with Crippen molar-refractivity contribution in [1.29, 1.82) is 5.26 Å². The fraction of sp³-hybridized carbons (Fsp3) is 0.750. The summed E-state index contributed by atoms with van der Waals surface area (Å²) in [6.45, 7) is 4.60. The number of aryl methyl sites for hydroxylation is 1. The second-order valence-electron chi connectivity index (χ2n) is 10.2. The third-order valence-corrected chi connectivity index (χ3v) is 8.27. The fourth-order valence-corrected chi connectivity index (χ4v) is 5.89. The molecule has 0 heterocycles. The molecule has 0 N–H and O–H groups in total. The van der Waals surface area contributed by atoms with Crippen LogP contribution in [0.2, 0.25) is 0 Å². The van der Waals surface area contributed by atoms with Crippen molar-refractivity contribution in [3.63, 3.8) is 0 Å². The second-order valence-corrected chi connectivity index (χ2v) is 10.2. The van der Waals surface area contributed by atoms with E-state index in [9.17, 15) is 5.26 Å². The van der Waals surface area contributed by atoms with Gasteiger partial charge in [0.05, 0.1) is 11.5 Å². The van der Waals surface area contributed by atoms with Gasteiger partial charge >= 0.3 is 0 Å². The van der Waals surface area contributed by atoms with Gasteiger partial charge in [0.2, 0.25) is 0 Å². The van der Waals surface area contributed by atoms with Crippen LogP contribution in [-0.4, -0.2) is 0 Å². The van der Waals surface area contributed by atoms with E-state index in [0.29, 0.717) is 5.92 Å². The zero-order chi connectivity index (χ0) is 20.5. The molecule has 1 aromatic carbocycles. The summed E-state index contributed by atoms with van der Waals surface area (Å²) in [6, 6.07) is 12.3. The molecular weight excluding hydrogens is 350 g/mol. The Hall–Kier alpha value is -1.29. The van der Waals surface area contributed by atoms with Gasteiger partial charge < -0.3 is 0 Å². The van der Waals surface area contributed by atoms with E-state index in [-0.39, 0.29) is 5.41 Å². The maximum atomic E-state index is 9.78. The number of nitriles is 1. The van der Waals surface area contributed by atoms with Crippen LogP contribution in [0.1, 0.15) is 121 Å². The molecule has 0 radical (unpaired) electrons. The van der Waals surface area contributed by atoms with E-state index in [1.54, 1.807) is 0 Å². The van der Waals surface area contributed by atoms with E-state index in [1.807, 2.05) is 0 Å². The first-order valence-corrected chi connectivity index (χ1v) is 12.7. The molecule has 1 aromatic rings. The number of nitrogens with zero attached hydrogens (tertiary/aromatic N) is 1. The lowest BCUT2D eigenvalue weighted by Crippen LogP contribution is -2.25. The Morgan fingerprint density at radius 3 is 2.14 bits per heavy atom. The summed E-state index contributed by atoms with van der Waals surface area (Å²) in [4.78, 5) is 0. The van der Waals surface area contributed by atoms with Crippen LogP contribution in [0.4, 0.5) is 0 Å². The Morgan fingerprint density at radius 2 is 1.55 bits per heavy atom. The first-order chi connectivity index (χ1) is 14.2. The van der Waals surface area contributed by atoms with Crippen LogP contribution in [0.25, 0.3) is 0 Å². The zero-order valence-corrected chi connectivity index (χ0v) is 19.1. The van der Waals surface area contributed by atoms with Crippen LogP contribution in [0.3, 0.4) is 0 Å². The summed E-state index contributed by atoms with van der Waals surface area (Å²) in [5.41, 5.74) is 3.01. The minimum Gasteiger partial charge on any atom is -0.198 e. The van der Waals surface area contributed by atoms with Crippen LogP contribution in [0.5, 0.6) is 0 Å². The van der Waals surface area contributed by atoms with E-state index in [4.69, 9.17) is 0 Å². The number of unbranched alkanes of at least 4 members (excludes halogenated alkanes) is 2. The molecule has 0 atom stereocenters. The summed E-state index contributed by atoms with van der Waals surface area (Å²) < 4.78 is 0. The Balaban J connectivity index is 1.44. The van der Waals surface area contributed by atoms with Gasteiger partial charge in [0, 0.05) is 0 Å². The predicted octanol–water partition coefficient (Wildman–Crippen LogP) is 8.58. The molecule has 0 saturated heterocycles. The fourth-order valence-electron chi connectivity index (χ4n) is 5.89. The number of benzene rings is 1. The van der Waals surface area contributed by atoms with Gasteiger partial charge in [-0.3, -0.25) is 0 Å². The summed E-state index contributed by atoms with van der Waals surface area (Å²) in [5, 5.41) is 9.78. The standard InChI is InChI=1S/C28H43N/c1-3-5-6-19-28(22-29)20-17-27(18-21-28)26-15-13-25(14-16-26)12-11-24-9-7-23(4-2)8-10-24/h13-16,23-24,27H,3-12,17-21H2,1-2H3/t23-,24-,27?,28?. The third-order valence-electron chi connectivity index (χ3n) is 8.27. The Morgan fingerprint density at radius 1 is 0.897 bits per heavy atom.